The Morgan fingerprint density at radius 1 is 1.32 bits per heavy atom. The van der Waals surface area contributed by atoms with Crippen molar-refractivity contribution in [1.82, 2.24) is 10.3 Å². The smallest absolute Gasteiger partial charge is 0.407 e. The second-order valence-corrected chi connectivity index (χ2v) is 6.55. The van der Waals surface area contributed by atoms with Crippen molar-refractivity contribution in [3.8, 4) is 0 Å². The van der Waals surface area contributed by atoms with E-state index in [-0.39, 0.29) is 23.3 Å². The minimum atomic E-state index is -1.18. The van der Waals surface area contributed by atoms with Crippen molar-refractivity contribution in [1.29, 1.82) is 0 Å². The van der Waals surface area contributed by atoms with Crippen LogP contribution >= 0.6 is 23.2 Å². The SMILES string of the molecule is CC(C)(C)OC(=O)NCCC(O)C(O)c1cc(Cl)nc(Cl)c1. The Kier molecular flexibility index (Phi) is 6.87. The summed E-state index contributed by atoms with van der Waals surface area (Å²) in [7, 11) is 0. The lowest BCUT2D eigenvalue weighted by Gasteiger charge is -2.21. The molecule has 6 nitrogen and oxygen atoms in total. The molecule has 1 amide bonds. The zero-order valence-electron chi connectivity index (χ0n) is 12.6. The number of nitrogens with one attached hydrogen (secondary N) is 1. The molecule has 2 atom stereocenters. The highest BCUT2D eigenvalue weighted by molar-refractivity contribution is 6.32. The largest absolute Gasteiger partial charge is 0.444 e. The highest BCUT2D eigenvalue weighted by Gasteiger charge is 2.21. The summed E-state index contributed by atoms with van der Waals surface area (Å²) in [6.45, 7) is 5.41. The maximum absolute atomic E-state index is 11.4. The van der Waals surface area contributed by atoms with E-state index in [1.54, 1.807) is 20.8 Å². The topological polar surface area (TPSA) is 91.7 Å². The Hall–Kier alpha value is -1.08. The molecule has 1 aromatic rings. The Bertz CT molecular complexity index is 500. The van der Waals surface area contributed by atoms with Gasteiger partial charge in [0.25, 0.3) is 0 Å². The molecule has 0 saturated heterocycles. The number of aliphatic hydroxyl groups excluding tert-OH is 2. The van der Waals surface area contributed by atoms with Crippen molar-refractivity contribution in [2.75, 3.05) is 6.54 Å². The van der Waals surface area contributed by atoms with Crippen LogP contribution < -0.4 is 5.32 Å². The number of nitrogens with zero attached hydrogens (tertiary/aromatic N) is 1. The van der Waals surface area contributed by atoms with E-state index < -0.39 is 23.9 Å². The molecule has 0 aliphatic rings. The number of ether oxygens (including phenoxy) is 1. The first-order chi connectivity index (χ1) is 10.1. The van der Waals surface area contributed by atoms with Gasteiger partial charge in [0.2, 0.25) is 0 Å². The van der Waals surface area contributed by atoms with E-state index in [9.17, 15) is 15.0 Å². The molecule has 0 aliphatic heterocycles. The first kappa shape index (κ1) is 19.0. The third kappa shape index (κ3) is 6.79. The second-order valence-electron chi connectivity index (χ2n) is 5.78. The normalized spacial score (nSPS) is 14.3. The van der Waals surface area contributed by atoms with E-state index in [4.69, 9.17) is 27.9 Å². The molecule has 1 heterocycles. The number of alkyl carbamates (subject to hydrolysis) is 1. The average Bonchev–Trinajstić information content (AvgIpc) is 2.34. The zero-order valence-corrected chi connectivity index (χ0v) is 14.1. The van der Waals surface area contributed by atoms with Crippen molar-refractivity contribution in [2.24, 2.45) is 0 Å². The van der Waals surface area contributed by atoms with E-state index in [0.717, 1.165) is 0 Å². The van der Waals surface area contributed by atoms with Gasteiger partial charge in [-0.2, -0.15) is 0 Å². The quantitative estimate of drug-likeness (QED) is 0.710. The van der Waals surface area contributed by atoms with Crippen molar-refractivity contribution < 1.29 is 19.7 Å². The van der Waals surface area contributed by atoms with Crippen molar-refractivity contribution in [3.05, 3.63) is 28.0 Å². The van der Waals surface area contributed by atoms with Crippen LogP contribution in [-0.4, -0.2) is 39.5 Å². The number of halogens is 2. The van der Waals surface area contributed by atoms with Gasteiger partial charge in [-0.1, -0.05) is 23.2 Å². The van der Waals surface area contributed by atoms with E-state index in [2.05, 4.69) is 10.3 Å². The predicted molar refractivity (Wildman–Crippen MR) is 84.1 cm³/mol. The molecule has 1 rings (SSSR count). The number of carbonyl (C=O) groups is 1. The number of pyridine rings is 1. The first-order valence-electron chi connectivity index (χ1n) is 6.74. The van der Waals surface area contributed by atoms with Crippen molar-refractivity contribution >= 4 is 29.3 Å². The van der Waals surface area contributed by atoms with Gasteiger partial charge in [-0.25, -0.2) is 9.78 Å². The number of carbonyl (C=O) groups excluding carboxylic acids is 1. The van der Waals surface area contributed by atoms with E-state index in [1.165, 1.54) is 12.1 Å². The Balaban J connectivity index is 2.48. The molecule has 8 heteroatoms. The van der Waals surface area contributed by atoms with E-state index in [0.29, 0.717) is 5.56 Å². The van der Waals surface area contributed by atoms with Gasteiger partial charge in [0.15, 0.2) is 0 Å². The van der Waals surface area contributed by atoms with Gasteiger partial charge in [-0.3, -0.25) is 0 Å². The van der Waals surface area contributed by atoms with Crippen LogP contribution in [0.5, 0.6) is 0 Å². The number of hydrogen-bond donors (Lipinski definition) is 3. The van der Waals surface area contributed by atoms with Gasteiger partial charge in [0, 0.05) is 6.54 Å². The lowest BCUT2D eigenvalue weighted by atomic mass is 10.0. The van der Waals surface area contributed by atoms with Gasteiger partial charge in [-0.15, -0.1) is 0 Å². The second kappa shape index (κ2) is 7.97. The fourth-order valence-electron chi connectivity index (χ4n) is 1.67. The summed E-state index contributed by atoms with van der Waals surface area (Å²) in [4.78, 5) is 15.2. The molecule has 0 aromatic carbocycles. The maximum atomic E-state index is 11.4. The molecule has 0 radical (unpaired) electrons. The van der Waals surface area contributed by atoms with Crippen molar-refractivity contribution in [2.45, 2.75) is 45.0 Å². The molecule has 0 bridgehead atoms. The summed E-state index contributed by atoms with van der Waals surface area (Å²) in [6, 6.07) is 2.84. The molecular weight excluding hydrogens is 331 g/mol. The summed E-state index contributed by atoms with van der Waals surface area (Å²) in [5, 5.41) is 22.8. The molecule has 3 N–H and O–H groups in total. The molecule has 0 aliphatic carbocycles. The van der Waals surface area contributed by atoms with Crippen LogP contribution in [0.3, 0.4) is 0 Å². The Morgan fingerprint density at radius 2 is 1.86 bits per heavy atom. The van der Waals surface area contributed by atoms with E-state index >= 15 is 0 Å². The monoisotopic (exact) mass is 350 g/mol. The maximum Gasteiger partial charge on any atom is 0.407 e. The van der Waals surface area contributed by atoms with Gasteiger partial charge in [-0.05, 0) is 44.9 Å². The van der Waals surface area contributed by atoms with Crippen LogP contribution in [-0.2, 0) is 4.74 Å². The molecule has 1 aromatic heterocycles. The first-order valence-corrected chi connectivity index (χ1v) is 7.50. The van der Waals surface area contributed by atoms with Gasteiger partial charge < -0.3 is 20.3 Å². The lowest BCUT2D eigenvalue weighted by molar-refractivity contribution is 0.0123. The summed E-state index contributed by atoms with van der Waals surface area (Å²) >= 11 is 11.5. The minimum Gasteiger partial charge on any atom is -0.444 e. The fourth-order valence-corrected chi connectivity index (χ4v) is 2.15. The summed E-state index contributed by atoms with van der Waals surface area (Å²) in [5.41, 5.74) is -0.234. The molecule has 22 heavy (non-hydrogen) atoms. The number of aromatic nitrogens is 1. The minimum absolute atomic E-state index is 0.126. The van der Waals surface area contributed by atoms with Gasteiger partial charge in [0.05, 0.1) is 6.10 Å². The highest BCUT2D eigenvalue weighted by atomic mass is 35.5. The van der Waals surface area contributed by atoms with Gasteiger partial charge >= 0.3 is 6.09 Å². The van der Waals surface area contributed by atoms with Crippen molar-refractivity contribution in [3.63, 3.8) is 0 Å². The fraction of sp³-hybridized carbons (Fsp3) is 0.571. The van der Waals surface area contributed by atoms with Crippen LogP contribution in [0.15, 0.2) is 12.1 Å². The molecule has 0 spiro atoms. The standard InChI is InChI=1S/C14H20Cl2N2O4/c1-14(2,3)22-13(21)17-5-4-9(19)12(20)8-6-10(15)18-11(16)7-8/h6-7,9,12,19-20H,4-5H2,1-3H3,(H,17,21). The van der Waals surface area contributed by atoms with Crippen LogP contribution in [0.25, 0.3) is 0 Å². The van der Waals surface area contributed by atoms with Crippen LogP contribution in [0.1, 0.15) is 38.9 Å². The number of hydrogen-bond acceptors (Lipinski definition) is 5. The number of rotatable bonds is 5. The molecule has 0 fully saturated rings. The molecule has 2 unspecified atom stereocenters. The zero-order chi connectivity index (χ0) is 16.9. The number of amides is 1. The third-order valence-electron chi connectivity index (χ3n) is 2.60. The van der Waals surface area contributed by atoms with Crippen LogP contribution in [0.4, 0.5) is 4.79 Å². The molecular formula is C14H20Cl2N2O4. The molecule has 0 saturated carbocycles. The molecule has 124 valence electrons. The summed E-state index contributed by atoms with van der Waals surface area (Å²) in [5.74, 6) is 0. The van der Waals surface area contributed by atoms with Crippen LogP contribution in [0, 0.1) is 0 Å². The Labute approximate surface area is 139 Å². The Morgan fingerprint density at radius 3 is 2.36 bits per heavy atom. The highest BCUT2D eigenvalue weighted by Crippen LogP contribution is 2.23. The summed E-state index contributed by atoms with van der Waals surface area (Å²) in [6.07, 6.45) is -2.72. The average molecular weight is 351 g/mol. The van der Waals surface area contributed by atoms with E-state index in [1.807, 2.05) is 0 Å². The number of aliphatic hydroxyl groups is 2. The van der Waals surface area contributed by atoms with Crippen LogP contribution in [0.2, 0.25) is 10.3 Å². The summed E-state index contributed by atoms with van der Waals surface area (Å²) < 4.78 is 5.06. The predicted octanol–water partition coefficient (Wildman–Crippen LogP) is 2.70. The lowest BCUT2D eigenvalue weighted by Crippen LogP contribution is -2.34. The van der Waals surface area contributed by atoms with Gasteiger partial charge in [0.1, 0.15) is 22.0 Å². The third-order valence-corrected chi connectivity index (χ3v) is 2.99.